The normalized spacial score (nSPS) is 12.9. The summed E-state index contributed by atoms with van der Waals surface area (Å²) in [6, 6.07) is 14.9. The van der Waals surface area contributed by atoms with Crippen LogP contribution in [0.4, 0.5) is 21.3 Å². The number of hydrogen-bond acceptors (Lipinski definition) is 6. The lowest BCUT2D eigenvalue weighted by Gasteiger charge is -2.08. The number of anilines is 3. The van der Waals surface area contributed by atoms with E-state index in [0.29, 0.717) is 33.1 Å². The first-order valence-corrected chi connectivity index (χ1v) is 9.78. The van der Waals surface area contributed by atoms with Crippen LogP contribution in [0.2, 0.25) is 0 Å². The van der Waals surface area contributed by atoms with Crippen LogP contribution in [-0.2, 0) is 0 Å². The van der Waals surface area contributed by atoms with Gasteiger partial charge in [-0.25, -0.2) is 14.7 Å². The molecule has 0 radical (unpaired) electrons. The van der Waals surface area contributed by atoms with Crippen molar-refractivity contribution in [3.63, 3.8) is 0 Å². The Morgan fingerprint density at radius 3 is 2.33 bits per heavy atom. The molecule has 30 heavy (non-hydrogen) atoms. The van der Waals surface area contributed by atoms with E-state index >= 15 is 0 Å². The van der Waals surface area contributed by atoms with Crippen LogP contribution in [-0.4, -0.2) is 27.8 Å². The third kappa shape index (κ3) is 3.07. The highest BCUT2D eigenvalue weighted by Crippen LogP contribution is 2.35. The molecule has 0 spiro atoms. The number of nitrogens with zero attached hydrogens (tertiary/aromatic N) is 3. The number of nitrogens with one attached hydrogen (secondary N) is 2. The zero-order valence-electron chi connectivity index (χ0n) is 15.3. The Bertz CT molecular complexity index is 1280. The van der Waals surface area contributed by atoms with E-state index in [-0.39, 0.29) is 11.8 Å². The van der Waals surface area contributed by atoms with Crippen molar-refractivity contribution in [2.24, 2.45) is 0 Å². The molecule has 0 fully saturated rings. The van der Waals surface area contributed by atoms with Gasteiger partial charge in [0, 0.05) is 11.9 Å². The number of imide groups is 1. The number of carbonyl (C=O) groups is 3. The Hall–Kier alpha value is -4.11. The molecule has 0 unspecified atom stereocenters. The van der Waals surface area contributed by atoms with Crippen LogP contribution in [0.3, 0.4) is 0 Å². The lowest BCUT2D eigenvalue weighted by molar-refractivity contribution is 0.0926. The number of thiazole rings is 1. The van der Waals surface area contributed by atoms with Gasteiger partial charge < -0.3 is 10.6 Å². The van der Waals surface area contributed by atoms with Crippen molar-refractivity contribution in [3.8, 4) is 0 Å². The summed E-state index contributed by atoms with van der Waals surface area (Å²) in [6.45, 7) is 0. The van der Waals surface area contributed by atoms with Crippen molar-refractivity contribution in [3.05, 3.63) is 78.1 Å². The average molecular weight is 415 g/mol. The predicted octanol–water partition coefficient (Wildman–Crippen LogP) is 4.14. The Kier molecular flexibility index (Phi) is 4.22. The van der Waals surface area contributed by atoms with Gasteiger partial charge >= 0.3 is 6.03 Å². The fraction of sp³-hybridized carbons (Fsp3) is 0. The summed E-state index contributed by atoms with van der Waals surface area (Å²) in [7, 11) is 0. The Morgan fingerprint density at radius 1 is 0.900 bits per heavy atom. The molecule has 8 nitrogen and oxygen atoms in total. The third-order valence-corrected chi connectivity index (χ3v) is 5.54. The topological polar surface area (TPSA) is 104 Å². The van der Waals surface area contributed by atoms with Crippen LogP contribution in [0.1, 0.15) is 20.7 Å². The highest BCUT2D eigenvalue weighted by atomic mass is 32.1. The average Bonchev–Trinajstić information content (AvgIpc) is 3.27. The van der Waals surface area contributed by atoms with E-state index in [1.807, 2.05) is 0 Å². The molecule has 3 heterocycles. The molecule has 0 bridgehead atoms. The number of hydrogen-bond donors (Lipinski definition) is 2. The fourth-order valence-corrected chi connectivity index (χ4v) is 4.18. The van der Waals surface area contributed by atoms with Crippen molar-refractivity contribution >= 4 is 55.9 Å². The van der Waals surface area contributed by atoms with Gasteiger partial charge in [0.25, 0.3) is 11.8 Å². The van der Waals surface area contributed by atoms with Crippen molar-refractivity contribution in [2.75, 3.05) is 15.5 Å². The fourth-order valence-electron chi connectivity index (χ4n) is 3.18. The van der Waals surface area contributed by atoms with Gasteiger partial charge in [0.05, 0.1) is 33.2 Å². The predicted molar refractivity (Wildman–Crippen MR) is 114 cm³/mol. The van der Waals surface area contributed by atoms with Crippen LogP contribution in [0.5, 0.6) is 0 Å². The molecule has 4 amide bonds. The second-order valence-corrected chi connectivity index (χ2v) is 7.50. The van der Waals surface area contributed by atoms with Gasteiger partial charge in [-0.15, -0.1) is 0 Å². The third-order valence-electron chi connectivity index (χ3n) is 4.54. The number of carbonyl (C=O) groups excluding carboxylic acids is 3. The van der Waals surface area contributed by atoms with E-state index < -0.39 is 6.03 Å². The second-order valence-electron chi connectivity index (χ2n) is 6.49. The molecule has 1 aliphatic rings. The molecule has 0 aliphatic carbocycles. The standard InChI is InChI=1S/C21H13N5O3S/c27-18-14-5-1-2-6-15(14)19(28)26(18)21-25-16-8-7-12(10-17(16)30-21)23-20(29)24-13-4-3-9-22-11-13/h1-11H,(H2,23,24,29). The number of benzene rings is 2. The lowest BCUT2D eigenvalue weighted by Crippen LogP contribution is -2.29. The van der Waals surface area contributed by atoms with E-state index in [0.717, 1.165) is 9.60 Å². The summed E-state index contributed by atoms with van der Waals surface area (Å²) in [5.41, 5.74) is 2.50. The number of pyridine rings is 1. The maximum Gasteiger partial charge on any atom is 0.323 e. The first-order valence-electron chi connectivity index (χ1n) is 8.96. The monoisotopic (exact) mass is 415 g/mol. The second kappa shape index (κ2) is 7.05. The molecule has 0 saturated carbocycles. The van der Waals surface area contributed by atoms with Gasteiger partial charge in [0.15, 0.2) is 0 Å². The molecule has 4 aromatic rings. The molecule has 9 heteroatoms. The SMILES string of the molecule is O=C(Nc1cccnc1)Nc1ccc2nc(N3C(=O)c4ccccc4C3=O)sc2c1. The van der Waals surface area contributed by atoms with Gasteiger partial charge in [0.2, 0.25) is 5.13 Å². The van der Waals surface area contributed by atoms with Crippen LogP contribution < -0.4 is 15.5 Å². The van der Waals surface area contributed by atoms with Gasteiger partial charge in [0.1, 0.15) is 0 Å². The summed E-state index contributed by atoms with van der Waals surface area (Å²) in [4.78, 5) is 47.0. The number of rotatable bonds is 3. The van der Waals surface area contributed by atoms with Crippen molar-refractivity contribution < 1.29 is 14.4 Å². The molecular weight excluding hydrogens is 402 g/mol. The summed E-state index contributed by atoms with van der Waals surface area (Å²) in [5, 5.41) is 5.73. The van der Waals surface area contributed by atoms with Crippen molar-refractivity contribution in [1.82, 2.24) is 9.97 Å². The van der Waals surface area contributed by atoms with Crippen LogP contribution in [0.25, 0.3) is 10.2 Å². The van der Waals surface area contributed by atoms with Crippen molar-refractivity contribution in [2.45, 2.75) is 0 Å². The molecule has 2 aromatic carbocycles. The highest BCUT2D eigenvalue weighted by molar-refractivity contribution is 7.22. The molecule has 0 saturated heterocycles. The summed E-state index contributed by atoms with van der Waals surface area (Å²) < 4.78 is 0.737. The minimum atomic E-state index is -0.410. The summed E-state index contributed by atoms with van der Waals surface area (Å²) in [6.07, 6.45) is 3.16. The summed E-state index contributed by atoms with van der Waals surface area (Å²) >= 11 is 1.21. The number of aromatic nitrogens is 2. The lowest BCUT2D eigenvalue weighted by atomic mass is 10.1. The zero-order valence-corrected chi connectivity index (χ0v) is 16.1. The molecule has 146 valence electrons. The van der Waals surface area contributed by atoms with Crippen molar-refractivity contribution in [1.29, 1.82) is 0 Å². The highest BCUT2D eigenvalue weighted by Gasteiger charge is 2.38. The molecular formula is C21H13N5O3S. The maximum atomic E-state index is 12.7. The first kappa shape index (κ1) is 18.0. The van der Waals surface area contributed by atoms with Gasteiger partial charge in [-0.05, 0) is 42.5 Å². The Labute approximate surface area is 174 Å². The van der Waals surface area contributed by atoms with E-state index in [1.165, 1.54) is 11.3 Å². The van der Waals surface area contributed by atoms with Gasteiger partial charge in [-0.1, -0.05) is 23.5 Å². The minimum absolute atomic E-state index is 0.299. The van der Waals surface area contributed by atoms with Gasteiger partial charge in [-0.3, -0.25) is 14.6 Å². The Morgan fingerprint density at radius 2 is 1.63 bits per heavy atom. The number of fused-ring (bicyclic) bond motifs is 2. The number of urea groups is 1. The minimum Gasteiger partial charge on any atom is -0.308 e. The number of amides is 4. The first-order chi connectivity index (χ1) is 14.6. The quantitative estimate of drug-likeness (QED) is 0.490. The van der Waals surface area contributed by atoms with Crippen LogP contribution in [0, 0.1) is 0 Å². The van der Waals surface area contributed by atoms with E-state index in [4.69, 9.17) is 0 Å². The molecule has 2 aromatic heterocycles. The molecule has 1 aliphatic heterocycles. The smallest absolute Gasteiger partial charge is 0.308 e. The maximum absolute atomic E-state index is 12.7. The zero-order chi connectivity index (χ0) is 20.7. The van der Waals surface area contributed by atoms with Crippen LogP contribution >= 0.6 is 11.3 Å². The largest absolute Gasteiger partial charge is 0.323 e. The van der Waals surface area contributed by atoms with E-state index in [9.17, 15) is 14.4 Å². The summed E-state index contributed by atoms with van der Waals surface area (Å²) in [5.74, 6) is -0.771. The Balaban J connectivity index is 1.39. The van der Waals surface area contributed by atoms with Crippen LogP contribution in [0.15, 0.2) is 67.0 Å². The van der Waals surface area contributed by atoms with E-state index in [1.54, 1.807) is 67.0 Å². The molecule has 2 N–H and O–H groups in total. The van der Waals surface area contributed by atoms with E-state index in [2.05, 4.69) is 20.6 Å². The van der Waals surface area contributed by atoms with Gasteiger partial charge in [-0.2, -0.15) is 0 Å². The molecule has 0 atom stereocenters. The molecule has 5 rings (SSSR count).